The van der Waals surface area contributed by atoms with Crippen molar-refractivity contribution >= 4 is 21.9 Å². The molecule has 0 aromatic heterocycles. The molecule has 0 aromatic carbocycles. The van der Waals surface area contributed by atoms with E-state index in [1.807, 2.05) is 0 Å². The lowest BCUT2D eigenvalue weighted by Crippen LogP contribution is -2.44. The molecule has 7 nitrogen and oxygen atoms in total. The molecule has 0 aliphatic rings. The van der Waals surface area contributed by atoms with Gasteiger partial charge in [-0.3, -0.25) is 14.1 Å². The minimum atomic E-state index is -4.69. The van der Waals surface area contributed by atoms with Crippen LogP contribution in [0.1, 0.15) is 0 Å². The molecule has 0 saturated heterocycles. The van der Waals surface area contributed by atoms with E-state index < -0.39 is 32.9 Å². The molecule has 1 atom stereocenters. The van der Waals surface area contributed by atoms with Gasteiger partial charge >= 0.3 is 0 Å². The Bertz CT molecular complexity index is 411. The lowest BCUT2D eigenvalue weighted by molar-refractivity contribution is -0.116. The predicted molar refractivity (Wildman–Crippen MR) is 52.0 cm³/mol. The monoisotopic (exact) mass is 234 g/mol. The van der Waals surface area contributed by atoms with E-state index in [0.29, 0.717) is 0 Å². The fourth-order valence-corrected chi connectivity index (χ4v) is 1.40. The number of nitrogens with two attached hydrogens (primary N) is 1. The Morgan fingerprint density at radius 1 is 1.47 bits per heavy atom. The number of carbonyl (C=O) groups is 2. The topological polar surface area (TPSA) is 127 Å². The lowest BCUT2D eigenvalue weighted by Gasteiger charge is -2.14. The SMILES string of the molecule is C=CC(=O)NC(C(=C)C(N)=O)S(=O)(=O)O. The summed E-state index contributed by atoms with van der Waals surface area (Å²) in [6, 6.07) is 0. The van der Waals surface area contributed by atoms with Gasteiger partial charge in [0.25, 0.3) is 10.1 Å². The van der Waals surface area contributed by atoms with Crippen molar-refractivity contribution in [2.75, 3.05) is 0 Å². The first-order valence-corrected chi connectivity index (χ1v) is 5.08. The van der Waals surface area contributed by atoms with E-state index in [9.17, 15) is 18.0 Å². The maximum absolute atomic E-state index is 10.8. The number of carbonyl (C=O) groups excluding carboxylic acids is 2. The van der Waals surface area contributed by atoms with Crippen LogP contribution in [0.15, 0.2) is 24.8 Å². The van der Waals surface area contributed by atoms with Crippen LogP contribution in [-0.2, 0) is 19.7 Å². The Balaban J connectivity index is 5.09. The van der Waals surface area contributed by atoms with E-state index in [-0.39, 0.29) is 0 Å². The van der Waals surface area contributed by atoms with Gasteiger partial charge in [-0.15, -0.1) is 0 Å². The summed E-state index contributed by atoms with van der Waals surface area (Å²) < 4.78 is 30.2. The van der Waals surface area contributed by atoms with E-state index in [1.54, 1.807) is 5.32 Å². The van der Waals surface area contributed by atoms with Crippen molar-refractivity contribution in [3.05, 3.63) is 24.8 Å². The summed E-state index contributed by atoms with van der Waals surface area (Å²) in [5.41, 5.74) is 4.11. The highest BCUT2D eigenvalue weighted by molar-refractivity contribution is 7.86. The molecule has 0 spiro atoms. The van der Waals surface area contributed by atoms with E-state index in [0.717, 1.165) is 6.08 Å². The molecular weight excluding hydrogens is 224 g/mol. The summed E-state index contributed by atoms with van der Waals surface area (Å²) in [6.45, 7) is 6.11. The molecule has 0 saturated carbocycles. The van der Waals surface area contributed by atoms with Gasteiger partial charge in [0, 0.05) is 5.57 Å². The minimum Gasteiger partial charge on any atom is -0.366 e. The number of primary amides is 1. The first kappa shape index (κ1) is 13.3. The zero-order valence-electron chi connectivity index (χ0n) is 7.63. The third kappa shape index (κ3) is 3.92. The molecule has 0 heterocycles. The largest absolute Gasteiger partial charge is 0.366 e. The van der Waals surface area contributed by atoms with Crippen molar-refractivity contribution in [2.24, 2.45) is 5.73 Å². The fraction of sp³-hybridized carbons (Fsp3) is 0.143. The molecule has 0 rings (SSSR count). The summed E-state index contributed by atoms with van der Waals surface area (Å²) in [4.78, 5) is 21.4. The van der Waals surface area contributed by atoms with E-state index >= 15 is 0 Å². The summed E-state index contributed by atoms with van der Waals surface area (Å²) in [5.74, 6) is -2.04. The van der Waals surface area contributed by atoms with Crippen molar-refractivity contribution in [1.82, 2.24) is 5.32 Å². The first-order valence-electron chi connectivity index (χ1n) is 3.58. The van der Waals surface area contributed by atoms with Crippen LogP contribution in [0, 0.1) is 0 Å². The van der Waals surface area contributed by atoms with Gasteiger partial charge in [-0.25, -0.2) is 0 Å². The minimum absolute atomic E-state index is 0.646. The second-order valence-corrected chi connectivity index (χ2v) is 4.00. The van der Waals surface area contributed by atoms with Gasteiger partial charge in [-0.2, -0.15) is 8.42 Å². The molecule has 1 unspecified atom stereocenters. The van der Waals surface area contributed by atoms with E-state index in [1.165, 1.54) is 0 Å². The predicted octanol–water partition coefficient (Wildman–Crippen LogP) is -1.46. The number of amides is 2. The Labute approximate surface area is 86.4 Å². The molecular formula is C7H10N2O5S. The average Bonchev–Trinajstić information content (AvgIpc) is 2.10. The Morgan fingerprint density at radius 3 is 2.20 bits per heavy atom. The molecule has 0 aliphatic heterocycles. The number of nitrogens with one attached hydrogen (secondary N) is 1. The number of hydrogen-bond donors (Lipinski definition) is 3. The second kappa shape index (κ2) is 4.71. The first-order chi connectivity index (χ1) is 6.70. The molecule has 15 heavy (non-hydrogen) atoms. The van der Waals surface area contributed by atoms with Crippen molar-refractivity contribution in [1.29, 1.82) is 0 Å². The van der Waals surface area contributed by atoms with Crippen molar-refractivity contribution in [3.8, 4) is 0 Å². The van der Waals surface area contributed by atoms with Crippen LogP contribution in [0.3, 0.4) is 0 Å². The van der Waals surface area contributed by atoms with Gasteiger partial charge in [0.2, 0.25) is 11.8 Å². The van der Waals surface area contributed by atoms with Crippen LogP contribution >= 0.6 is 0 Å². The Kier molecular flexibility index (Phi) is 4.19. The lowest BCUT2D eigenvalue weighted by atomic mass is 10.3. The third-order valence-corrected chi connectivity index (χ3v) is 2.39. The van der Waals surface area contributed by atoms with Gasteiger partial charge in [-0.1, -0.05) is 13.2 Å². The van der Waals surface area contributed by atoms with Crippen molar-refractivity contribution < 1.29 is 22.6 Å². The molecule has 8 heteroatoms. The maximum Gasteiger partial charge on any atom is 0.290 e. The molecule has 4 N–H and O–H groups in total. The number of rotatable bonds is 5. The summed E-state index contributed by atoms with van der Waals surface area (Å²) >= 11 is 0. The summed E-state index contributed by atoms with van der Waals surface area (Å²) in [7, 11) is -4.69. The van der Waals surface area contributed by atoms with Crippen molar-refractivity contribution in [2.45, 2.75) is 5.37 Å². The smallest absolute Gasteiger partial charge is 0.290 e. The zero-order valence-corrected chi connectivity index (χ0v) is 8.45. The standard InChI is InChI=1S/C7H10N2O5S/c1-3-5(10)9-7(15(12,13)14)4(2)6(8)11/h3,7H,1-2H2,(H2,8,11)(H,9,10)(H,12,13,14). The van der Waals surface area contributed by atoms with Crippen LogP contribution in [0.2, 0.25) is 0 Å². The highest BCUT2D eigenvalue weighted by Gasteiger charge is 2.29. The molecule has 0 aliphatic carbocycles. The Morgan fingerprint density at radius 2 is 1.93 bits per heavy atom. The van der Waals surface area contributed by atoms with Crippen LogP contribution in [0.4, 0.5) is 0 Å². The molecule has 0 aromatic rings. The average molecular weight is 234 g/mol. The van der Waals surface area contributed by atoms with Gasteiger partial charge < -0.3 is 11.1 Å². The van der Waals surface area contributed by atoms with Gasteiger partial charge in [-0.05, 0) is 6.08 Å². The van der Waals surface area contributed by atoms with Crippen LogP contribution in [-0.4, -0.2) is 30.2 Å². The van der Waals surface area contributed by atoms with E-state index in [2.05, 4.69) is 13.2 Å². The second-order valence-electron chi connectivity index (χ2n) is 2.50. The summed E-state index contributed by atoms with van der Waals surface area (Å²) in [5, 5.41) is -0.165. The zero-order chi connectivity index (χ0) is 12.2. The normalized spacial score (nSPS) is 12.6. The number of hydrogen-bond acceptors (Lipinski definition) is 4. The van der Waals surface area contributed by atoms with Crippen LogP contribution in [0.5, 0.6) is 0 Å². The molecule has 0 bridgehead atoms. The van der Waals surface area contributed by atoms with Crippen molar-refractivity contribution in [3.63, 3.8) is 0 Å². The molecule has 84 valence electrons. The molecule has 0 radical (unpaired) electrons. The van der Waals surface area contributed by atoms with Gasteiger partial charge in [0.05, 0.1) is 0 Å². The molecule has 0 fully saturated rings. The quantitative estimate of drug-likeness (QED) is 0.396. The van der Waals surface area contributed by atoms with Crippen LogP contribution < -0.4 is 11.1 Å². The highest BCUT2D eigenvalue weighted by atomic mass is 32.2. The van der Waals surface area contributed by atoms with Gasteiger partial charge in [0.1, 0.15) is 0 Å². The highest BCUT2D eigenvalue weighted by Crippen LogP contribution is 2.05. The molecule has 2 amide bonds. The summed E-state index contributed by atoms with van der Waals surface area (Å²) in [6.07, 6.45) is 0.770. The maximum atomic E-state index is 10.8. The third-order valence-electron chi connectivity index (χ3n) is 1.39. The fourth-order valence-electron chi connectivity index (χ4n) is 0.659. The van der Waals surface area contributed by atoms with Crippen LogP contribution in [0.25, 0.3) is 0 Å². The van der Waals surface area contributed by atoms with E-state index in [4.69, 9.17) is 10.3 Å². The van der Waals surface area contributed by atoms with Gasteiger partial charge in [0.15, 0.2) is 5.37 Å². The Hall–Kier alpha value is -1.67.